The average Bonchev–Trinajstić information content (AvgIpc) is 2.83. The van der Waals surface area contributed by atoms with E-state index in [1.807, 2.05) is 0 Å². The number of halogens is 1. The van der Waals surface area contributed by atoms with Crippen molar-refractivity contribution < 1.29 is 13.6 Å². The molecule has 1 amide bonds. The van der Waals surface area contributed by atoms with Gasteiger partial charge in [0.1, 0.15) is 11.3 Å². The molecule has 3 aliphatic rings. The number of fused-ring (bicyclic) bond motifs is 1. The van der Waals surface area contributed by atoms with Crippen LogP contribution < -0.4 is 10.2 Å². The van der Waals surface area contributed by atoms with Gasteiger partial charge in [0.05, 0.1) is 0 Å². The minimum absolute atomic E-state index is 0.224. The summed E-state index contributed by atoms with van der Waals surface area (Å²) in [6.07, 6.45) is 9.02. The summed E-state index contributed by atoms with van der Waals surface area (Å²) in [6, 6.07) is 5.18. The van der Waals surface area contributed by atoms with Gasteiger partial charge in [0.2, 0.25) is 5.91 Å². The molecule has 2 saturated carbocycles. The third-order valence-corrected chi connectivity index (χ3v) is 6.83. The minimum Gasteiger partial charge on any atom is -0.423 e. The second-order valence-electron chi connectivity index (χ2n) is 8.69. The van der Waals surface area contributed by atoms with E-state index >= 15 is 0 Å². The maximum absolute atomic E-state index is 13.4. The molecule has 2 aromatic rings. The molecule has 0 bridgehead atoms. The van der Waals surface area contributed by atoms with Gasteiger partial charge in [-0.05, 0) is 62.5 Å². The number of carbonyl (C=O) groups is 1. The van der Waals surface area contributed by atoms with E-state index in [1.165, 1.54) is 31.4 Å². The quantitative estimate of drug-likeness (QED) is 0.885. The van der Waals surface area contributed by atoms with E-state index in [0.29, 0.717) is 22.5 Å². The number of hydrogen-bond acceptors (Lipinski definition) is 4. The van der Waals surface area contributed by atoms with Gasteiger partial charge in [-0.2, -0.15) is 4.98 Å². The highest BCUT2D eigenvalue weighted by Crippen LogP contribution is 2.58. The Morgan fingerprint density at radius 1 is 1.22 bits per heavy atom. The largest absolute Gasteiger partial charge is 0.423 e. The van der Waals surface area contributed by atoms with E-state index in [2.05, 4.69) is 15.2 Å². The summed E-state index contributed by atoms with van der Waals surface area (Å²) in [5.41, 5.74) is 1.69. The molecule has 1 unspecified atom stereocenters. The standard InChI is InChI=1S/C21H26FN3O2/c22-15-4-5-18-17(11-15)24-20(27-18)25-9-1-3-16(6-10-25)23-19(26)14-12-21(13-14)7-2-8-21/h4-5,11,14,16H,1-3,6-10,12-13H2,(H,23,26). The molecule has 5 rings (SSSR count). The van der Waals surface area contributed by atoms with E-state index in [4.69, 9.17) is 4.42 Å². The minimum atomic E-state index is -0.305. The molecule has 1 aromatic carbocycles. The number of aromatic nitrogens is 1. The van der Waals surface area contributed by atoms with Crippen LogP contribution in [0.3, 0.4) is 0 Å². The molecular weight excluding hydrogens is 345 g/mol. The molecule has 1 N–H and O–H groups in total. The van der Waals surface area contributed by atoms with Crippen LogP contribution in [-0.4, -0.2) is 30.0 Å². The molecule has 2 aliphatic carbocycles. The van der Waals surface area contributed by atoms with Gasteiger partial charge in [0, 0.05) is 31.1 Å². The molecule has 3 fully saturated rings. The summed E-state index contributed by atoms with van der Waals surface area (Å²) in [5, 5.41) is 3.29. The lowest BCUT2D eigenvalue weighted by Crippen LogP contribution is -2.50. The number of rotatable bonds is 3. The molecule has 2 heterocycles. The normalized spacial score (nSPS) is 25.1. The first-order valence-corrected chi connectivity index (χ1v) is 10.2. The van der Waals surface area contributed by atoms with Crippen molar-refractivity contribution in [1.82, 2.24) is 10.3 Å². The van der Waals surface area contributed by atoms with Crippen molar-refractivity contribution >= 4 is 23.0 Å². The van der Waals surface area contributed by atoms with Crippen LogP contribution in [0.15, 0.2) is 22.6 Å². The molecule has 0 radical (unpaired) electrons. The summed E-state index contributed by atoms with van der Waals surface area (Å²) in [4.78, 5) is 19.1. The Balaban J connectivity index is 1.18. The van der Waals surface area contributed by atoms with Crippen molar-refractivity contribution in [1.29, 1.82) is 0 Å². The highest BCUT2D eigenvalue weighted by Gasteiger charge is 2.50. The fraction of sp³-hybridized carbons (Fsp3) is 0.619. The summed E-state index contributed by atoms with van der Waals surface area (Å²) in [7, 11) is 0. The van der Waals surface area contributed by atoms with Gasteiger partial charge in [0.25, 0.3) is 6.01 Å². The van der Waals surface area contributed by atoms with E-state index in [-0.39, 0.29) is 23.7 Å². The Bertz CT molecular complexity index is 852. The number of oxazole rings is 1. The summed E-state index contributed by atoms with van der Waals surface area (Å²) >= 11 is 0. The smallest absolute Gasteiger partial charge is 0.298 e. The van der Waals surface area contributed by atoms with E-state index < -0.39 is 0 Å². The van der Waals surface area contributed by atoms with Crippen LogP contribution in [-0.2, 0) is 4.79 Å². The van der Waals surface area contributed by atoms with Gasteiger partial charge < -0.3 is 14.6 Å². The number of benzene rings is 1. The van der Waals surface area contributed by atoms with Gasteiger partial charge in [-0.3, -0.25) is 4.79 Å². The Labute approximate surface area is 158 Å². The topological polar surface area (TPSA) is 58.4 Å². The highest BCUT2D eigenvalue weighted by atomic mass is 19.1. The van der Waals surface area contributed by atoms with Crippen molar-refractivity contribution in [3.63, 3.8) is 0 Å². The fourth-order valence-electron chi connectivity index (χ4n) is 5.03. The van der Waals surface area contributed by atoms with E-state index in [9.17, 15) is 9.18 Å². The Kier molecular flexibility index (Phi) is 4.10. The molecule has 1 atom stereocenters. The number of amides is 1. The predicted molar refractivity (Wildman–Crippen MR) is 101 cm³/mol. The van der Waals surface area contributed by atoms with Gasteiger partial charge in [-0.15, -0.1) is 0 Å². The van der Waals surface area contributed by atoms with Crippen LogP contribution in [0.5, 0.6) is 0 Å². The first kappa shape index (κ1) is 17.0. The molecule has 1 spiro atoms. The zero-order chi connectivity index (χ0) is 18.4. The van der Waals surface area contributed by atoms with Crippen LogP contribution in [0.2, 0.25) is 0 Å². The average molecular weight is 371 g/mol. The lowest BCUT2D eigenvalue weighted by Gasteiger charge is -2.53. The number of nitrogens with one attached hydrogen (secondary N) is 1. The van der Waals surface area contributed by atoms with Crippen molar-refractivity contribution in [3.8, 4) is 0 Å². The molecular formula is C21H26FN3O2. The maximum atomic E-state index is 13.4. The van der Waals surface area contributed by atoms with Gasteiger partial charge in [0.15, 0.2) is 5.58 Å². The van der Waals surface area contributed by atoms with Gasteiger partial charge in [-0.1, -0.05) is 6.42 Å². The van der Waals surface area contributed by atoms with Crippen molar-refractivity contribution in [2.45, 2.75) is 57.4 Å². The first-order chi connectivity index (χ1) is 13.1. The third-order valence-electron chi connectivity index (χ3n) is 6.83. The monoisotopic (exact) mass is 371 g/mol. The number of nitrogens with zero attached hydrogens (tertiary/aromatic N) is 2. The Morgan fingerprint density at radius 3 is 2.85 bits per heavy atom. The van der Waals surface area contributed by atoms with E-state index in [1.54, 1.807) is 6.07 Å². The second kappa shape index (κ2) is 6.50. The zero-order valence-electron chi connectivity index (χ0n) is 15.5. The summed E-state index contributed by atoms with van der Waals surface area (Å²) in [5.74, 6) is 0.181. The predicted octanol–water partition coefficient (Wildman–Crippen LogP) is 4.02. The molecule has 144 valence electrons. The molecule has 1 aromatic heterocycles. The molecule has 1 aliphatic heterocycles. The van der Waals surface area contributed by atoms with Gasteiger partial charge >= 0.3 is 0 Å². The number of carbonyl (C=O) groups excluding carboxylic acids is 1. The van der Waals surface area contributed by atoms with Crippen LogP contribution in [0.1, 0.15) is 51.4 Å². The SMILES string of the molecule is O=C(NC1CCCN(c2nc3cc(F)ccc3o2)CC1)C1CC2(CCC2)C1. The van der Waals surface area contributed by atoms with Crippen molar-refractivity contribution in [3.05, 3.63) is 24.0 Å². The first-order valence-electron chi connectivity index (χ1n) is 10.2. The Hall–Kier alpha value is -2.11. The number of hydrogen-bond donors (Lipinski definition) is 1. The highest BCUT2D eigenvalue weighted by molar-refractivity contribution is 5.80. The van der Waals surface area contributed by atoms with E-state index in [0.717, 1.165) is 45.2 Å². The second-order valence-corrected chi connectivity index (χ2v) is 8.69. The Morgan fingerprint density at radius 2 is 2.07 bits per heavy atom. The molecule has 27 heavy (non-hydrogen) atoms. The molecule has 5 nitrogen and oxygen atoms in total. The maximum Gasteiger partial charge on any atom is 0.298 e. The van der Waals surface area contributed by atoms with Crippen molar-refractivity contribution in [2.75, 3.05) is 18.0 Å². The lowest BCUT2D eigenvalue weighted by atomic mass is 9.51. The third kappa shape index (κ3) is 3.19. The van der Waals surface area contributed by atoms with Gasteiger partial charge in [-0.25, -0.2) is 4.39 Å². The van der Waals surface area contributed by atoms with Crippen molar-refractivity contribution in [2.24, 2.45) is 11.3 Å². The van der Waals surface area contributed by atoms with Crippen LogP contribution in [0, 0.1) is 17.2 Å². The fourth-order valence-corrected chi connectivity index (χ4v) is 5.03. The summed E-state index contributed by atoms with van der Waals surface area (Å²) in [6.45, 7) is 1.63. The summed E-state index contributed by atoms with van der Waals surface area (Å²) < 4.78 is 19.2. The zero-order valence-corrected chi connectivity index (χ0v) is 15.5. The molecule has 1 saturated heterocycles. The lowest BCUT2D eigenvalue weighted by molar-refractivity contribution is -0.137. The van der Waals surface area contributed by atoms with Crippen LogP contribution in [0.25, 0.3) is 11.1 Å². The molecule has 6 heteroatoms. The van der Waals surface area contributed by atoms with Crippen LogP contribution in [0.4, 0.5) is 10.4 Å². The van der Waals surface area contributed by atoms with Crippen LogP contribution >= 0.6 is 0 Å². The number of anilines is 1.